The third kappa shape index (κ3) is 2.88. The van der Waals surface area contributed by atoms with Crippen molar-refractivity contribution in [2.75, 3.05) is 4.72 Å². The van der Waals surface area contributed by atoms with Crippen LogP contribution >= 0.6 is 15.9 Å². The highest BCUT2D eigenvalue weighted by molar-refractivity contribution is 9.10. The molecule has 0 aliphatic rings. The van der Waals surface area contributed by atoms with Crippen LogP contribution in [0.15, 0.2) is 64.2 Å². The number of hydrogen-bond donors (Lipinski definition) is 1. The van der Waals surface area contributed by atoms with Gasteiger partial charge >= 0.3 is 0 Å². The molecule has 0 atom stereocenters. The monoisotopic (exact) mass is 363 g/mol. The fraction of sp³-hybridized carbons (Fsp3) is 0. The minimum absolute atomic E-state index is 0.176. The summed E-state index contributed by atoms with van der Waals surface area (Å²) in [7, 11) is -3.73. The number of pyridine rings is 2. The van der Waals surface area contributed by atoms with Gasteiger partial charge in [-0.1, -0.05) is 22.0 Å². The molecule has 5 nitrogen and oxygen atoms in total. The number of sulfonamides is 1. The van der Waals surface area contributed by atoms with Crippen molar-refractivity contribution in [2.24, 2.45) is 0 Å². The van der Waals surface area contributed by atoms with Gasteiger partial charge in [-0.3, -0.25) is 9.71 Å². The Hall–Kier alpha value is -1.99. The van der Waals surface area contributed by atoms with Crippen molar-refractivity contribution in [2.45, 2.75) is 4.90 Å². The highest BCUT2D eigenvalue weighted by atomic mass is 79.9. The second-order valence-corrected chi connectivity index (χ2v) is 6.86. The van der Waals surface area contributed by atoms with Crippen molar-refractivity contribution < 1.29 is 8.42 Å². The standard InChI is InChI=1S/C14H10BrN3O2S/c15-10-6-8-17-14(9-10)18-21(19,20)13-5-1-4-12-11(13)3-2-7-16-12/h1-9H,(H,17,18). The predicted octanol–water partition coefficient (Wildman–Crippen LogP) is 3.19. The fourth-order valence-electron chi connectivity index (χ4n) is 1.96. The van der Waals surface area contributed by atoms with Crippen molar-refractivity contribution in [1.29, 1.82) is 0 Å². The summed E-state index contributed by atoms with van der Waals surface area (Å²) in [5.41, 5.74) is 0.627. The molecule has 0 bridgehead atoms. The molecular weight excluding hydrogens is 354 g/mol. The molecule has 0 amide bonds. The predicted molar refractivity (Wildman–Crippen MR) is 84.5 cm³/mol. The number of fused-ring (bicyclic) bond motifs is 1. The summed E-state index contributed by atoms with van der Waals surface area (Å²) in [6.45, 7) is 0. The first kappa shape index (κ1) is 14.0. The van der Waals surface area contributed by atoms with Crippen LogP contribution in [0.1, 0.15) is 0 Å². The molecule has 0 fully saturated rings. The molecule has 106 valence electrons. The van der Waals surface area contributed by atoms with Gasteiger partial charge in [0, 0.05) is 22.3 Å². The van der Waals surface area contributed by atoms with E-state index in [0.717, 1.165) is 4.47 Å². The van der Waals surface area contributed by atoms with Gasteiger partial charge in [0.2, 0.25) is 0 Å². The van der Waals surface area contributed by atoms with Crippen LogP contribution in [0.25, 0.3) is 10.9 Å². The average Bonchev–Trinajstić information content (AvgIpc) is 2.46. The topological polar surface area (TPSA) is 72.0 Å². The maximum Gasteiger partial charge on any atom is 0.263 e. The number of rotatable bonds is 3. The molecule has 3 aromatic rings. The molecule has 0 saturated heterocycles. The van der Waals surface area contributed by atoms with Gasteiger partial charge in [-0.25, -0.2) is 13.4 Å². The maximum absolute atomic E-state index is 12.5. The van der Waals surface area contributed by atoms with E-state index in [1.807, 2.05) is 0 Å². The van der Waals surface area contributed by atoms with Gasteiger partial charge in [-0.2, -0.15) is 0 Å². The van der Waals surface area contributed by atoms with E-state index in [0.29, 0.717) is 10.9 Å². The van der Waals surface area contributed by atoms with E-state index in [1.54, 1.807) is 48.7 Å². The SMILES string of the molecule is O=S(=O)(Nc1cc(Br)ccn1)c1cccc2ncccc12. The molecule has 0 radical (unpaired) electrons. The Morgan fingerprint density at radius 2 is 1.86 bits per heavy atom. The summed E-state index contributed by atoms with van der Waals surface area (Å²) >= 11 is 3.28. The molecule has 3 rings (SSSR count). The minimum Gasteiger partial charge on any atom is -0.263 e. The second-order valence-electron chi connectivity index (χ2n) is 4.29. The summed E-state index contributed by atoms with van der Waals surface area (Å²) in [5, 5.41) is 0.572. The lowest BCUT2D eigenvalue weighted by Gasteiger charge is -2.09. The lowest BCUT2D eigenvalue weighted by molar-refractivity contribution is 0.602. The van der Waals surface area contributed by atoms with Gasteiger partial charge in [0.05, 0.1) is 10.4 Å². The Labute approximate surface area is 130 Å². The average molecular weight is 364 g/mol. The summed E-state index contributed by atoms with van der Waals surface area (Å²) in [6.07, 6.45) is 3.15. The molecule has 0 aliphatic heterocycles. The summed E-state index contributed by atoms with van der Waals surface area (Å²) < 4.78 is 28.3. The number of nitrogens with one attached hydrogen (secondary N) is 1. The van der Waals surface area contributed by atoms with E-state index in [2.05, 4.69) is 30.6 Å². The van der Waals surface area contributed by atoms with E-state index in [-0.39, 0.29) is 10.7 Å². The third-order valence-electron chi connectivity index (χ3n) is 2.86. The van der Waals surface area contributed by atoms with Crippen LogP contribution in [0.5, 0.6) is 0 Å². The zero-order valence-electron chi connectivity index (χ0n) is 10.7. The zero-order chi connectivity index (χ0) is 14.9. The first-order valence-corrected chi connectivity index (χ1v) is 8.32. The third-order valence-corrected chi connectivity index (χ3v) is 4.76. The Balaban J connectivity index is 2.09. The zero-order valence-corrected chi connectivity index (χ0v) is 13.1. The largest absolute Gasteiger partial charge is 0.263 e. The summed E-state index contributed by atoms with van der Waals surface area (Å²) in [5.74, 6) is 0.255. The molecule has 7 heteroatoms. The molecule has 2 heterocycles. The molecule has 1 aromatic carbocycles. The van der Waals surface area contributed by atoms with E-state index in [9.17, 15) is 8.42 Å². The molecule has 0 spiro atoms. The van der Waals surface area contributed by atoms with Crippen LogP contribution in [-0.4, -0.2) is 18.4 Å². The number of anilines is 1. The second kappa shape index (κ2) is 5.42. The highest BCUT2D eigenvalue weighted by Gasteiger charge is 2.18. The lowest BCUT2D eigenvalue weighted by atomic mass is 10.2. The summed E-state index contributed by atoms with van der Waals surface area (Å²) in [4.78, 5) is 8.33. The van der Waals surface area contributed by atoms with Gasteiger partial charge in [0.15, 0.2) is 0 Å². The Morgan fingerprint density at radius 3 is 2.67 bits per heavy atom. The van der Waals surface area contributed by atoms with Crippen LogP contribution in [0, 0.1) is 0 Å². The molecule has 2 aromatic heterocycles. The normalized spacial score (nSPS) is 11.5. The quantitative estimate of drug-likeness (QED) is 0.775. The highest BCUT2D eigenvalue weighted by Crippen LogP contribution is 2.23. The van der Waals surface area contributed by atoms with E-state index in [4.69, 9.17) is 0 Å². The molecule has 21 heavy (non-hydrogen) atoms. The molecule has 0 aliphatic carbocycles. The smallest absolute Gasteiger partial charge is 0.263 e. The van der Waals surface area contributed by atoms with Gasteiger partial charge < -0.3 is 0 Å². The van der Waals surface area contributed by atoms with Gasteiger partial charge in [-0.05, 0) is 36.4 Å². The lowest BCUT2D eigenvalue weighted by Crippen LogP contribution is -2.14. The molecule has 1 N–H and O–H groups in total. The van der Waals surface area contributed by atoms with Crippen LogP contribution in [0.2, 0.25) is 0 Å². The van der Waals surface area contributed by atoms with E-state index >= 15 is 0 Å². The van der Waals surface area contributed by atoms with Crippen LogP contribution in [-0.2, 0) is 10.0 Å². The van der Waals surface area contributed by atoms with E-state index in [1.165, 1.54) is 6.20 Å². The minimum atomic E-state index is -3.73. The molecular formula is C14H10BrN3O2S. The summed E-state index contributed by atoms with van der Waals surface area (Å²) in [6, 6.07) is 11.7. The Kier molecular flexibility index (Phi) is 3.60. The number of halogens is 1. The van der Waals surface area contributed by atoms with Crippen molar-refractivity contribution in [3.8, 4) is 0 Å². The molecule has 0 unspecified atom stereocenters. The molecule has 0 saturated carbocycles. The van der Waals surface area contributed by atoms with Crippen LogP contribution in [0.3, 0.4) is 0 Å². The number of nitrogens with zero attached hydrogens (tertiary/aromatic N) is 2. The maximum atomic E-state index is 12.5. The fourth-order valence-corrected chi connectivity index (χ4v) is 3.51. The van der Waals surface area contributed by atoms with Crippen LogP contribution in [0.4, 0.5) is 5.82 Å². The van der Waals surface area contributed by atoms with Gasteiger partial charge in [-0.15, -0.1) is 0 Å². The van der Waals surface area contributed by atoms with Crippen molar-refractivity contribution in [1.82, 2.24) is 9.97 Å². The van der Waals surface area contributed by atoms with E-state index < -0.39 is 10.0 Å². The van der Waals surface area contributed by atoms with Crippen molar-refractivity contribution >= 4 is 42.7 Å². The first-order valence-electron chi connectivity index (χ1n) is 6.04. The van der Waals surface area contributed by atoms with Gasteiger partial charge in [0.25, 0.3) is 10.0 Å². The number of aromatic nitrogens is 2. The van der Waals surface area contributed by atoms with Crippen molar-refractivity contribution in [3.63, 3.8) is 0 Å². The Bertz CT molecular complexity index is 907. The van der Waals surface area contributed by atoms with Crippen molar-refractivity contribution in [3.05, 3.63) is 59.3 Å². The number of hydrogen-bond acceptors (Lipinski definition) is 4. The van der Waals surface area contributed by atoms with Gasteiger partial charge in [0.1, 0.15) is 5.82 Å². The Morgan fingerprint density at radius 1 is 1.00 bits per heavy atom. The number of benzene rings is 1. The first-order chi connectivity index (χ1) is 10.1. The van der Waals surface area contributed by atoms with Crippen LogP contribution < -0.4 is 4.72 Å².